The van der Waals surface area contributed by atoms with E-state index in [1.807, 2.05) is 66.3 Å². The minimum Gasteiger partial charge on any atom is -0.338 e. The number of halogens is 1. The van der Waals surface area contributed by atoms with Crippen LogP contribution in [0.5, 0.6) is 0 Å². The smallest absolute Gasteiger partial charge is 0.318 e. The van der Waals surface area contributed by atoms with Gasteiger partial charge in [0.1, 0.15) is 11.6 Å². The maximum atomic E-state index is 14.3. The highest BCUT2D eigenvalue weighted by Gasteiger charge is 2.36. The van der Waals surface area contributed by atoms with E-state index in [0.717, 1.165) is 46.9 Å². The number of nitrogens with one attached hydrogen (secondary N) is 1. The quantitative estimate of drug-likeness (QED) is 0.437. The van der Waals surface area contributed by atoms with Crippen LogP contribution in [0.25, 0.3) is 11.5 Å². The third kappa shape index (κ3) is 3.77. The summed E-state index contributed by atoms with van der Waals surface area (Å²) >= 11 is 0. The molecule has 7 heteroatoms. The molecule has 2 aromatic carbocycles. The number of fused-ring (bicyclic) bond motifs is 3. The van der Waals surface area contributed by atoms with Crippen molar-refractivity contribution in [2.75, 3.05) is 6.54 Å². The third-order valence-corrected chi connectivity index (χ3v) is 6.26. The highest BCUT2D eigenvalue weighted by Crippen LogP contribution is 2.38. The topological polar surface area (TPSA) is 55.1 Å². The second-order valence-electron chi connectivity index (χ2n) is 8.47. The second kappa shape index (κ2) is 9.17. The monoisotopic (exact) mass is 457 g/mol. The van der Waals surface area contributed by atoms with Crippen LogP contribution in [0.2, 0.25) is 0 Å². The Kier molecular flexibility index (Phi) is 5.92. The van der Waals surface area contributed by atoms with E-state index < -0.39 is 6.04 Å². The average Bonchev–Trinajstić information content (AvgIpc) is 3.44. The largest absolute Gasteiger partial charge is 0.338 e. The zero-order valence-electron chi connectivity index (χ0n) is 19.4. The van der Waals surface area contributed by atoms with E-state index in [9.17, 15) is 9.18 Å². The maximum Gasteiger partial charge on any atom is 0.318 e. The molecule has 0 bridgehead atoms. The minimum absolute atomic E-state index is 0.175. The molecule has 2 aromatic heterocycles. The number of aromatic nitrogens is 3. The fraction of sp³-hybridized carbons (Fsp3) is 0.259. The van der Waals surface area contributed by atoms with E-state index in [0.29, 0.717) is 13.1 Å². The summed E-state index contributed by atoms with van der Waals surface area (Å²) in [6, 6.07) is 19.9. The van der Waals surface area contributed by atoms with Gasteiger partial charge < -0.3 is 14.8 Å². The highest BCUT2D eigenvalue weighted by molar-refractivity contribution is 5.76. The van der Waals surface area contributed by atoms with E-state index in [4.69, 9.17) is 5.10 Å². The number of rotatable bonds is 5. The van der Waals surface area contributed by atoms with Gasteiger partial charge in [-0.3, -0.25) is 0 Å². The molecule has 0 unspecified atom stereocenters. The lowest BCUT2D eigenvalue weighted by Crippen LogP contribution is -2.42. The first-order valence-electron chi connectivity index (χ1n) is 11.8. The number of benzene rings is 2. The first-order chi connectivity index (χ1) is 16.6. The van der Waals surface area contributed by atoms with E-state index in [2.05, 4.69) is 16.8 Å². The van der Waals surface area contributed by atoms with Crippen molar-refractivity contribution in [3.8, 4) is 11.5 Å². The Morgan fingerprint density at radius 2 is 1.91 bits per heavy atom. The molecule has 0 saturated carbocycles. The Bertz CT molecular complexity index is 1310. The van der Waals surface area contributed by atoms with Gasteiger partial charge in [0, 0.05) is 18.3 Å². The summed E-state index contributed by atoms with van der Waals surface area (Å²) in [6.45, 7) is 5.03. The minimum atomic E-state index is -0.455. The molecule has 2 amide bonds. The number of carbonyl (C=O) groups is 1. The number of urea groups is 1. The number of carbonyl (C=O) groups excluding carboxylic acids is 1. The second-order valence-corrected chi connectivity index (χ2v) is 8.47. The van der Waals surface area contributed by atoms with Crippen molar-refractivity contribution in [3.63, 3.8) is 0 Å². The summed E-state index contributed by atoms with van der Waals surface area (Å²) in [5, 5.41) is 7.98. The lowest BCUT2D eigenvalue weighted by Gasteiger charge is -2.31. The molecule has 5 rings (SSSR count). The first-order valence-corrected chi connectivity index (χ1v) is 11.8. The zero-order valence-corrected chi connectivity index (χ0v) is 19.4. The van der Waals surface area contributed by atoms with Crippen molar-refractivity contribution in [2.45, 2.75) is 39.3 Å². The van der Waals surface area contributed by atoms with Crippen LogP contribution in [0.3, 0.4) is 0 Å². The average molecular weight is 458 g/mol. The van der Waals surface area contributed by atoms with Crippen LogP contribution in [-0.2, 0) is 13.0 Å². The Labute approximate surface area is 198 Å². The van der Waals surface area contributed by atoms with Crippen molar-refractivity contribution in [2.24, 2.45) is 0 Å². The van der Waals surface area contributed by atoms with Crippen LogP contribution in [0.1, 0.15) is 48.8 Å². The van der Waals surface area contributed by atoms with Crippen LogP contribution < -0.4 is 5.32 Å². The zero-order chi connectivity index (χ0) is 23.7. The SMILES string of the molecule is CCCNC(=O)N1Cc2c(CC)nn(-c3ccccc3)c2-n2cccc2[C@@H]1c1cccc(F)c1. The first kappa shape index (κ1) is 21.9. The summed E-state index contributed by atoms with van der Waals surface area (Å²) in [6.07, 6.45) is 3.56. The van der Waals surface area contributed by atoms with Gasteiger partial charge in [-0.1, -0.05) is 44.2 Å². The summed E-state index contributed by atoms with van der Waals surface area (Å²) in [5.74, 6) is 0.589. The molecule has 0 fully saturated rings. The van der Waals surface area contributed by atoms with Crippen molar-refractivity contribution in [1.82, 2.24) is 24.6 Å². The fourth-order valence-electron chi connectivity index (χ4n) is 4.71. The van der Waals surface area contributed by atoms with Gasteiger partial charge in [0.15, 0.2) is 0 Å². The Hall–Kier alpha value is -3.87. The van der Waals surface area contributed by atoms with Crippen LogP contribution in [0.4, 0.5) is 9.18 Å². The van der Waals surface area contributed by atoms with Gasteiger partial charge in [0.25, 0.3) is 0 Å². The van der Waals surface area contributed by atoms with Crippen LogP contribution in [-0.4, -0.2) is 31.8 Å². The summed E-state index contributed by atoms with van der Waals surface area (Å²) in [4.78, 5) is 15.3. The number of hydrogen-bond donors (Lipinski definition) is 1. The Morgan fingerprint density at radius 1 is 1.09 bits per heavy atom. The predicted octanol–water partition coefficient (Wildman–Crippen LogP) is 5.39. The summed E-state index contributed by atoms with van der Waals surface area (Å²) in [7, 11) is 0. The van der Waals surface area contributed by atoms with Crippen LogP contribution in [0.15, 0.2) is 72.9 Å². The lowest BCUT2D eigenvalue weighted by molar-refractivity contribution is 0.180. The summed E-state index contributed by atoms with van der Waals surface area (Å²) in [5.41, 5.74) is 4.50. The van der Waals surface area contributed by atoms with Gasteiger partial charge in [-0.15, -0.1) is 0 Å². The molecule has 0 spiro atoms. The molecule has 0 aliphatic carbocycles. The molecule has 6 nitrogen and oxygen atoms in total. The molecule has 0 radical (unpaired) electrons. The van der Waals surface area contributed by atoms with Crippen molar-refractivity contribution < 1.29 is 9.18 Å². The predicted molar refractivity (Wildman–Crippen MR) is 130 cm³/mol. The van der Waals surface area contributed by atoms with E-state index in [1.54, 1.807) is 11.0 Å². The van der Waals surface area contributed by atoms with Crippen LogP contribution >= 0.6 is 0 Å². The van der Waals surface area contributed by atoms with Crippen molar-refractivity contribution in [1.29, 1.82) is 0 Å². The summed E-state index contributed by atoms with van der Waals surface area (Å²) < 4.78 is 18.4. The van der Waals surface area contributed by atoms with Gasteiger partial charge in [-0.2, -0.15) is 5.10 Å². The van der Waals surface area contributed by atoms with Crippen molar-refractivity contribution in [3.05, 3.63) is 101 Å². The molecular weight excluding hydrogens is 429 g/mol. The fourth-order valence-corrected chi connectivity index (χ4v) is 4.71. The molecule has 174 valence electrons. The Balaban J connectivity index is 1.75. The molecule has 1 aliphatic heterocycles. The number of aryl methyl sites for hydroxylation is 1. The van der Waals surface area contributed by atoms with E-state index in [-0.39, 0.29) is 11.8 Å². The van der Waals surface area contributed by atoms with Crippen LogP contribution in [0, 0.1) is 5.82 Å². The van der Waals surface area contributed by atoms with Gasteiger partial charge in [-0.05, 0) is 54.8 Å². The number of amides is 2. The normalized spacial score (nSPS) is 14.9. The molecule has 1 N–H and O–H groups in total. The molecule has 1 aliphatic rings. The van der Waals surface area contributed by atoms with E-state index in [1.165, 1.54) is 12.1 Å². The lowest BCUT2D eigenvalue weighted by atomic mass is 10.0. The van der Waals surface area contributed by atoms with Crippen molar-refractivity contribution >= 4 is 6.03 Å². The van der Waals surface area contributed by atoms with Gasteiger partial charge in [0.2, 0.25) is 0 Å². The number of nitrogens with zero attached hydrogens (tertiary/aromatic N) is 4. The van der Waals surface area contributed by atoms with E-state index >= 15 is 0 Å². The standard InChI is InChI=1S/C27H28FN5O/c1-3-15-29-27(34)32-18-22-23(4-2)30-33(21-12-6-5-7-13-21)26(22)31-16-9-14-24(31)25(32)19-10-8-11-20(28)17-19/h5-14,16-17,25H,3-4,15,18H2,1-2H3,(H,29,34)/t25-/m0/s1. The third-order valence-electron chi connectivity index (χ3n) is 6.26. The Morgan fingerprint density at radius 3 is 2.65 bits per heavy atom. The molecule has 3 heterocycles. The van der Waals surface area contributed by atoms with Gasteiger partial charge in [-0.25, -0.2) is 13.9 Å². The van der Waals surface area contributed by atoms with Gasteiger partial charge in [0.05, 0.1) is 29.7 Å². The highest BCUT2D eigenvalue weighted by atomic mass is 19.1. The number of hydrogen-bond acceptors (Lipinski definition) is 2. The number of para-hydroxylation sites is 1. The maximum absolute atomic E-state index is 14.3. The molecule has 0 saturated heterocycles. The van der Waals surface area contributed by atoms with Gasteiger partial charge >= 0.3 is 6.03 Å². The molecular formula is C27H28FN5O. The molecule has 1 atom stereocenters. The molecule has 4 aromatic rings. The molecule has 34 heavy (non-hydrogen) atoms.